The zero-order chi connectivity index (χ0) is 17.2. The van der Waals surface area contributed by atoms with Gasteiger partial charge in [-0.2, -0.15) is 0 Å². The van der Waals surface area contributed by atoms with Gasteiger partial charge in [-0.15, -0.1) is 0 Å². The Morgan fingerprint density at radius 1 is 0.727 bits per heavy atom. The minimum atomic E-state index is -0.926. The summed E-state index contributed by atoms with van der Waals surface area (Å²) in [6.45, 7) is 12.7. The Bertz CT molecular complexity index is 258. The normalized spacial score (nSPS) is 19.0. The Kier molecular flexibility index (Phi) is 11.4. The zero-order valence-corrected chi connectivity index (χ0v) is 16.1. The van der Waals surface area contributed by atoms with Crippen LogP contribution in [0.1, 0.15) is 99.3 Å². The monoisotopic (exact) mass is 314 g/mol. The molecule has 2 N–H and O–H groups in total. The van der Waals surface area contributed by atoms with Crippen molar-refractivity contribution in [3.8, 4) is 0 Å². The Hall–Kier alpha value is -0.0800. The molecular weight excluding hydrogens is 272 g/mol. The maximum Gasteiger partial charge on any atom is 0.0874 e. The Balaban J connectivity index is 3.63. The molecule has 2 heteroatoms. The zero-order valence-electron chi connectivity index (χ0n) is 16.1. The summed E-state index contributed by atoms with van der Waals surface area (Å²) in [5.41, 5.74) is -0.926. The van der Waals surface area contributed by atoms with E-state index in [-0.39, 0.29) is 0 Å². The van der Waals surface area contributed by atoms with Gasteiger partial charge in [-0.25, -0.2) is 0 Å². The van der Waals surface area contributed by atoms with E-state index in [0.29, 0.717) is 6.42 Å². The molecule has 0 saturated carbocycles. The van der Waals surface area contributed by atoms with Crippen LogP contribution in [0, 0.1) is 17.8 Å². The molecule has 2 nitrogen and oxygen atoms in total. The predicted octanol–water partition coefficient (Wildman–Crippen LogP) is 5.56. The number of hydrogen-bond donors (Lipinski definition) is 2. The Morgan fingerprint density at radius 2 is 1.14 bits per heavy atom. The van der Waals surface area contributed by atoms with Gasteiger partial charge in [-0.3, -0.25) is 0 Å². The lowest BCUT2D eigenvalue weighted by molar-refractivity contribution is -0.0592. The Morgan fingerprint density at radius 3 is 1.55 bits per heavy atom. The predicted molar refractivity (Wildman–Crippen MR) is 97.0 cm³/mol. The van der Waals surface area contributed by atoms with Crippen molar-refractivity contribution < 1.29 is 10.2 Å². The van der Waals surface area contributed by atoms with E-state index in [9.17, 15) is 10.2 Å². The Labute approximate surface area is 139 Å². The smallest absolute Gasteiger partial charge is 0.0874 e. The molecule has 134 valence electrons. The van der Waals surface area contributed by atoms with Gasteiger partial charge in [0.05, 0.1) is 11.7 Å². The van der Waals surface area contributed by atoms with E-state index in [2.05, 4.69) is 27.7 Å². The van der Waals surface area contributed by atoms with Gasteiger partial charge in [0.25, 0.3) is 0 Å². The highest BCUT2D eigenvalue weighted by atomic mass is 16.3. The maximum absolute atomic E-state index is 10.0. The van der Waals surface area contributed by atoms with Gasteiger partial charge in [-0.05, 0) is 38.0 Å². The maximum atomic E-state index is 10.0. The summed E-state index contributed by atoms with van der Waals surface area (Å²) < 4.78 is 0. The molecule has 0 bridgehead atoms. The van der Waals surface area contributed by atoms with Crippen LogP contribution in [0.15, 0.2) is 0 Å². The van der Waals surface area contributed by atoms with E-state index in [1.54, 1.807) is 13.8 Å². The highest BCUT2D eigenvalue weighted by Crippen LogP contribution is 2.24. The minimum Gasteiger partial charge on any atom is -0.390 e. The van der Waals surface area contributed by atoms with E-state index in [4.69, 9.17) is 0 Å². The second-order valence-electron chi connectivity index (χ2n) is 8.39. The van der Waals surface area contributed by atoms with Crippen LogP contribution in [0.2, 0.25) is 0 Å². The fraction of sp³-hybridized carbons (Fsp3) is 1.00. The molecule has 0 aliphatic heterocycles. The molecule has 0 aliphatic rings. The van der Waals surface area contributed by atoms with Crippen molar-refractivity contribution in [2.75, 3.05) is 0 Å². The molecule has 4 unspecified atom stereocenters. The van der Waals surface area contributed by atoms with E-state index >= 15 is 0 Å². The largest absolute Gasteiger partial charge is 0.390 e. The van der Waals surface area contributed by atoms with Crippen molar-refractivity contribution in [1.82, 2.24) is 0 Å². The average molecular weight is 315 g/mol. The fourth-order valence-corrected chi connectivity index (χ4v) is 3.00. The lowest BCUT2D eigenvalue weighted by atomic mass is 9.89. The van der Waals surface area contributed by atoms with E-state index < -0.39 is 11.7 Å². The van der Waals surface area contributed by atoms with E-state index in [1.807, 2.05) is 0 Å². The van der Waals surface area contributed by atoms with Gasteiger partial charge >= 0.3 is 0 Å². The van der Waals surface area contributed by atoms with Crippen molar-refractivity contribution in [3.63, 3.8) is 0 Å². The molecule has 0 aromatic carbocycles. The summed E-state index contributed by atoms with van der Waals surface area (Å²) in [6.07, 6.45) is 10.3. The second-order valence-corrected chi connectivity index (χ2v) is 8.39. The molecule has 0 heterocycles. The molecule has 0 saturated heterocycles. The minimum absolute atomic E-state index is 0.644. The summed E-state index contributed by atoms with van der Waals surface area (Å²) in [7, 11) is 0. The van der Waals surface area contributed by atoms with Gasteiger partial charge < -0.3 is 10.2 Å². The van der Waals surface area contributed by atoms with Crippen LogP contribution in [0.4, 0.5) is 0 Å². The quantitative estimate of drug-likeness (QED) is 0.467. The van der Waals surface area contributed by atoms with Gasteiger partial charge in [-0.1, -0.05) is 79.1 Å². The van der Waals surface area contributed by atoms with Crippen LogP contribution in [-0.4, -0.2) is 21.9 Å². The van der Waals surface area contributed by atoms with Crippen molar-refractivity contribution in [1.29, 1.82) is 0 Å². The van der Waals surface area contributed by atoms with Crippen molar-refractivity contribution in [2.45, 2.75) is 111 Å². The van der Waals surface area contributed by atoms with Crippen molar-refractivity contribution >= 4 is 0 Å². The first-order valence-electron chi connectivity index (χ1n) is 9.55. The van der Waals surface area contributed by atoms with E-state index in [0.717, 1.165) is 30.6 Å². The van der Waals surface area contributed by atoms with Crippen molar-refractivity contribution in [3.05, 3.63) is 0 Å². The molecule has 0 fully saturated rings. The number of aliphatic hydroxyl groups is 2. The molecule has 0 amide bonds. The van der Waals surface area contributed by atoms with Gasteiger partial charge in [0, 0.05) is 0 Å². The summed E-state index contributed by atoms with van der Waals surface area (Å²) in [5.74, 6) is 2.43. The second kappa shape index (κ2) is 11.5. The third-order valence-electron chi connectivity index (χ3n) is 5.15. The summed E-state index contributed by atoms with van der Waals surface area (Å²) in [4.78, 5) is 0. The molecule has 0 aliphatic carbocycles. The standard InChI is InChI=1S/C20H42O2/c1-16(2)10-7-11-17(3)12-8-13-18(4)14-9-15-20(6,22)19(5)21/h16-19,21-22H,7-15H2,1-6H3. The molecular formula is C20H42O2. The van der Waals surface area contributed by atoms with Crippen molar-refractivity contribution in [2.24, 2.45) is 17.8 Å². The molecule has 0 aromatic heterocycles. The van der Waals surface area contributed by atoms with Crippen LogP contribution < -0.4 is 0 Å². The lowest BCUT2D eigenvalue weighted by Crippen LogP contribution is -2.36. The number of hydrogen-bond acceptors (Lipinski definition) is 2. The van der Waals surface area contributed by atoms with Crippen LogP contribution in [0.25, 0.3) is 0 Å². The van der Waals surface area contributed by atoms with Crippen LogP contribution in [0.5, 0.6) is 0 Å². The first-order valence-corrected chi connectivity index (χ1v) is 9.55. The molecule has 0 spiro atoms. The van der Waals surface area contributed by atoms with Crippen LogP contribution in [0.3, 0.4) is 0 Å². The first kappa shape index (κ1) is 21.9. The summed E-state index contributed by atoms with van der Waals surface area (Å²) in [6, 6.07) is 0. The van der Waals surface area contributed by atoms with Crippen LogP contribution in [-0.2, 0) is 0 Å². The lowest BCUT2D eigenvalue weighted by Gasteiger charge is -2.27. The third kappa shape index (κ3) is 11.5. The summed E-state index contributed by atoms with van der Waals surface area (Å²) >= 11 is 0. The van der Waals surface area contributed by atoms with Crippen LogP contribution >= 0.6 is 0 Å². The molecule has 4 atom stereocenters. The number of rotatable bonds is 13. The third-order valence-corrected chi connectivity index (χ3v) is 5.15. The molecule has 0 rings (SSSR count). The molecule has 0 radical (unpaired) electrons. The van der Waals surface area contributed by atoms with Gasteiger partial charge in [0.15, 0.2) is 0 Å². The summed E-state index contributed by atoms with van der Waals surface area (Å²) in [5, 5.41) is 19.5. The average Bonchev–Trinajstić information content (AvgIpc) is 2.37. The molecule has 0 aromatic rings. The molecule has 22 heavy (non-hydrogen) atoms. The van der Waals surface area contributed by atoms with E-state index in [1.165, 1.54) is 38.5 Å². The fourth-order valence-electron chi connectivity index (χ4n) is 3.00. The number of aliphatic hydroxyl groups excluding tert-OH is 1. The van der Waals surface area contributed by atoms with Gasteiger partial charge in [0.1, 0.15) is 0 Å². The highest BCUT2D eigenvalue weighted by molar-refractivity contribution is 4.78. The highest BCUT2D eigenvalue weighted by Gasteiger charge is 2.25. The SMILES string of the molecule is CC(C)CCCC(C)CCCC(C)CCCC(C)(O)C(C)O. The van der Waals surface area contributed by atoms with Gasteiger partial charge in [0.2, 0.25) is 0 Å². The first-order chi connectivity index (χ1) is 10.1. The topological polar surface area (TPSA) is 40.5 Å².